The van der Waals surface area contributed by atoms with Crippen molar-refractivity contribution < 1.29 is 23.9 Å². The quantitative estimate of drug-likeness (QED) is 0.742. The molecule has 1 saturated heterocycles. The molecule has 1 N–H and O–H groups in total. The highest BCUT2D eigenvalue weighted by atomic mass is 16.5. The third kappa shape index (κ3) is 2.83. The monoisotopic (exact) mass is 410 g/mol. The summed E-state index contributed by atoms with van der Waals surface area (Å²) in [5.74, 6) is -2.11. The Kier molecular flexibility index (Phi) is 4.73. The number of benzene rings is 1. The summed E-state index contributed by atoms with van der Waals surface area (Å²) in [5, 5.41) is 12.1. The van der Waals surface area contributed by atoms with Crippen LogP contribution in [0.4, 0.5) is 5.69 Å². The number of nitriles is 1. The zero-order chi connectivity index (χ0) is 21.5. The number of fused-ring (bicyclic) bond motifs is 3. The fourth-order valence-electron chi connectivity index (χ4n) is 4.68. The second-order valence-electron chi connectivity index (χ2n) is 7.95. The lowest BCUT2D eigenvalue weighted by atomic mass is 9.97. The van der Waals surface area contributed by atoms with Gasteiger partial charge in [-0.1, -0.05) is 12.1 Å². The Morgan fingerprint density at radius 2 is 1.90 bits per heavy atom. The predicted molar refractivity (Wildman–Crippen MR) is 104 cm³/mol. The summed E-state index contributed by atoms with van der Waals surface area (Å²) < 4.78 is 5.28. The van der Waals surface area contributed by atoms with E-state index in [-0.39, 0.29) is 18.7 Å². The first-order valence-corrected chi connectivity index (χ1v) is 9.94. The van der Waals surface area contributed by atoms with Crippen molar-refractivity contribution in [1.82, 2.24) is 10.2 Å². The Bertz CT molecular complexity index is 978. The van der Waals surface area contributed by atoms with Crippen LogP contribution >= 0.6 is 0 Å². The number of anilines is 1. The summed E-state index contributed by atoms with van der Waals surface area (Å²) in [6.45, 7) is -0.588. The molecule has 1 saturated carbocycles. The number of likely N-dealkylation sites (N-methyl/N-ethyl adjacent to an activating group) is 1. The van der Waals surface area contributed by atoms with Gasteiger partial charge in [0.1, 0.15) is 5.54 Å². The fraction of sp³-hybridized carbons (Fsp3) is 0.476. The van der Waals surface area contributed by atoms with Crippen molar-refractivity contribution in [2.24, 2.45) is 0 Å². The van der Waals surface area contributed by atoms with E-state index in [1.54, 1.807) is 24.3 Å². The van der Waals surface area contributed by atoms with E-state index in [1.165, 1.54) is 16.8 Å². The Balaban J connectivity index is 1.55. The summed E-state index contributed by atoms with van der Waals surface area (Å²) in [6, 6.07) is 8.75. The van der Waals surface area contributed by atoms with Crippen LogP contribution < -0.4 is 10.2 Å². The highest BCUT2D eigenvalue weighted by Gasteiger charge is 2.60. The predicted octanol–water partition coefficient (Wildman–Crippen LogP) is 1.09. The molecule has 0 spiro atoms. The molecule has 0 aromatic heterocycles. The van der Waals surface area contributed by atoms with Gasteiger partial charge in [-0.15, -0.1) is 0 Å². The molecule has 0 bridgehead atoms. The third-order valence-corrected chi connectivity index (χ3v) is 6.25. The van der Waals surface area contributed by atoms with Gasteiger partial charge in [0.05, 0.1) is 17.3 Å². The molecule has 1 aromatic carbocycles. The van der Waals surface area contributed by atoms with E-state index >= 15 is 0 Å². The van der Waals surface area contributed by atoms with Gasteiger partial charge in [-0.2, -0.15) is 5.26 Å². The number of nitrogens with one attached hydrogen (secondary N) is 1. The minimum Gasteiger partial charge on any atom is -0.452 e. The van der Waals surface area contributed by atoms with Crippen molar-refractivity contribution in [3.05, 3.63) is 29.8 Å². The average molecular weight is 410 g/mol. The van der Waals surface area contributed by atoms with Crippen molar-refractivity contribution >= 4 is 29.4 Å². The third-order valence-electron chi connectivity index (χ3n) is 6.25. The number of hydrogen-bond acceptors (Lipinski definition) is 6. The van der Waals surface area contributed by atoms with Crippen molar-refractivity contribution in [3.8, 4) is 6.07 Å². The number of ether oxygens (including phenoxy) is 1. The highest BCUT2D eigenvalue weighted by molar-refractivity contribution is 6.15. The summed E-state index contributed by atoms with van der Waals surface area (Å²) in [6.07, 6.45) is 2.96. The van der Waals surface area contributed by atoms with Gasteiger partial charge in [0.25, 0.3) is 11.8 Å². The van der Waals surface area contributed by atoms with Gasteiger partial charge in [0, 0.05) is 19.9 Å². The number of carbonyl (C=O) groups excluding carboxylic acids is 4. The summed E-state index contributed by atoms with van der Waals surface area (Å²) in [4.78, 5) is 53.6. The molecule has 4 rings (SSSR count). The van der Waals surface area contributed by atoms with E-state index in [1.807, 2.05) is 0 Å². The van der Waals surface area contributed by atoms with Crippen LogP contribution in [0.5, 0.6) is 0 Å². The van der Waals surface area contributed by atoms with Crippen LogP contribution in [0.3, 0.4) is 0 Å². The standard InChI is InChI=1S/C21H22N4O5/c1-24-18(28)14-6-2-3-7-15(14)25-17(27)8-11-21(24,25)19(29)30-12-16(26)23-20(13-22)9-4-5-10-20/h2-3,6-7H,4-5,8-12H2,1H3,(H,23,26)/t21-/m1/s1. The highest BCUT2D eigenvalue weighted by Crippen LogP contribution is 2.44. The number of para-hydroxylation sites is 1. The van der Waals surface area contributed by atoms with Gasteiger partial charge < -0.3 is 15.0 Å². The SMILES string of the molecule is CN1C(=O)c2ccccc2N2C(=O)CC[C@@]12C(=O)OCC(=O)NC1(C#N)CCCC1. The van der Waals surface area contributed by atoms with E-state index in [2.05, 4.69) is 11.4 Å². The lowest BCUT2D eigenvalue weighted by Gasteiger charge is -2.46. The van der Waals surface area contributed by atoms with Gasteiger partial charge in [-0.25, -0.2) is 4.79 Å². The number of esters is 1. The maximum absolute atomic E-state index is 13.1. The Hall–Kier alpha value is -3.41. The Labute approximate surface area is 173 Å². The average Bonchev–Trinajstić information content (AvgIpc) is 3.36. The molecular formula is C21H22N4O5. The second-order valence-corrected chi connectivity index (χ2v) is 7.95. The summed E-state index contributed by atoms with van der Waals surface area (Å²) >= 11 is 0. The number of hydrogen-bond donors (Lipinski definition) is 1. The van der Waals surface area contributed by atoms with Gasteiger partial charge in [0.2, 0.25) is 11.6 Å². The summed E-state index contributed by atoms with van der Waals surface area (Å²) in [7, 11) is 1.45. The molecule has 0 unspecified atom stereocenters. The molecule has 2 heterocycles. The molecule has 3 amide bonds. The minimum atomic E-state index is -1.62. The second kappa shape index (κ2) is 7.13. The Morgan fingerprint density at radius 3 is 2.60 bits per heavy atom. The summed E-state index contributed by atoms with van der Waals surface area (Å²) in [5.41, 5.74) is -1.86. The fourth-order valence-corrected chi connectivity index (χ4v) is 4.68. The first-order valence-electron chi connectivity index (χ1n) is 9.94. The van der Waals surface area contributed by atoms with Crippen LogP contribution in [0.2, 0.25) is 0 Å². The van der Waals surface area contributed by atoms with E-state index in [0.717, 1.165) is 12.8 Å². The first-order chi connectivity index (χ1) is 14.3. The Morgan fingerprint density at radius 1 is 1.20 bits per heavy atom. The topological polar surface area (TPSA) is 120 Å². The number of rotatable bonds is 4. The van der Waals surface area contributed by atoms with Crippen LogP contribution in [-0.2, 0) is 19.1 Å². The molecule has 1 aliphatic carbocycles. The maximum Gasteiger partial charge on any atom is 0.354 e. The minimum absolute atomic E-state index is 0.0742. The van der Waals surface area contributed by atoms with Crippen LogP contribution in [0, 0.1) is 11.3 Å². The van der Waals surface area contributed by atoms with Crippen LogP contribution in [0.15, 0.2) is 24.3 Å². The van der Waals surface area contributed by atoms with E-state index in [9.17, 15) is 24.4 Å². The zero-order valence-corrected chi connectivity index (χ0v) is 16.6. The van der Waals surface area contributed by atoms with Gasteiger partial charge >= 0.3 is 5.97 Å². The van der Waals surface area contributed by atoms with Crippen LogP contribution in [0.1, 0.15) is 48.9 Å². The molecule has 0 radical (unpaired) electrons. The first kappa shape index (κ1) is 19.9. The maximum atomic E-state index is 13.1. The van der Waals surface area contributed by atoms with Crippen molar-refractivity contribution in [2.45, 2.75) is 49.7 Å². The molecule has 9 heteroatoms. The molecule has 30 heavy (non-hydrogen) atoms. The molecule has 3 aliphatic rings. The number of carbonyl (C=O) groups is 4. The smallest absolute Gasteiger partial charge is 0.354 e. The van der Waals surface area contributed by atoms with Crippen molar-refractivity contribution in [3.63, 3.8) is 0 Å². The number of amides is 3. The lowest BCUT2D eigenvalue weighted by molar-refractivity contribution is -0.159. The van der Waals surface area contributed by atoms with Gasteiger partial charge in [-0.3, -0.25) is 19.3 Å². The molecular weight excluding hydrogens is 388 g/mol. The number of nitrogens with zero attached hydrogens (tertiary/aromatic N) is 3. The normalized spacial score (nSPS) is 24.1. The van der Waals surface area contributed by atoms with Crippen molar-refractivity contribution in [2.75, 3.05) is 18.6 Å². The molecule has 2 fully saturated rings. The van der Waals surface area contributed by atoms with Gasteiger partial charge in [0.15, 0.2) is 6.61 Å². The molecule has 156 valence electrons. The van der Waals surface area contributed by atoms with Gasteiger partial charge in [-0.05, 0) is 37.8 Å². The van der Waals surface area contributed by atoms with E-state index in [4.69, 9.17) is 4.74 Å². The van der Waals surface area contributed by atoms with E-state index in [0.29, 0.717) is 24.1 Å². The molecule has 2 aliphatic heterocycles. The van der Waals surface area contributed by atoms with Crippen LogP contribution in [0.25, 0.3) is 0 Å². The molecule has 9 nitrogen and oxygen atoms in total. The molecule has 1 atom stereocenters. The van der Waals surface area contributed by atoms with Crippen LogP contribution in [-0.4, -0.2) is 53.4 Å². The molecule has 1 aromatic rings. The van der Waals surface area contributed by atoms with Crippen molar-refractivity contribution in [1.29, 1.82) is 5.26 Å². The largest absolute Gasteiger partial charge is 0.452 e. The lowest BCUT2D eigenvalue weighted by Crippen LogP contribution is -2.67. The zero-order valence-electron chi connectivity index (χ0n) is 16.6. The van der Waals surface area contributed by atoms with E-state index < -0.39 is 35.6 Å².